The highest BCUT2D eigenvalue weighted by Crippen LogP contribution is 2.37. The number of aromatic nitrogens is 2. The Bertz CT molecular complexity index is 1630. The number of methoxy groups -OCH3 is 1. The van der Waals surface area contributed by atoms with Gasteiger partial charge in [-0.2, -0.15) is 0 Å². The van der Waals surface area contributed by atoms with E-state index in [4.69, 9.17) is 32.9 Å². The van der Waals surface area contributed by atoms with Crippen molar-refractivity contribution in [2.45, 2.75) is 51.0 Å². The number of fused-ring (bicyclic) bond motifs is 5. The molecule has 0 radical (unpaired) electrons. The number of nitrogens with zero attached hydrogens (tertiary/aromatic N) is 2. The largest absolute Gasteiger partial charge is 0.453 e. The summed E-state index contributed by atoms with van der Waals surface area (Å²) in [6, 6.07) is 7.60. The van der Waals surface area contributed by atoms with Crippen LogP contribution in [-0.4, -0.2) is 59.1 Å². The van der Waals surface area contributed by atoms with Crippen LogP contribution in [0, 0.1) is 5.82 Å². The van der Waals surface area contributed by atoms with Crippen molar-refractivity contribution in [1.82, 2.24) is 14.9 Å². The zero-order valence-corrected chi connectivity index (χ0v) is 25.8. The minimum absolute atomic E-state index is 0.0444. The SMILES string of the molecule is COC(=O)Nc1ccc2c(c1)NC(=O)CCCCC(C(=O)N1CCCCOC(=O)Nc3ccc(Cl)c(F)c3C1)c1nc-2c(Cl)[nH]1. The van der Waals surface area contributed by atoms with Gasteiger partial charge in [0.1, 0.15) is 22.5 Å². The third-order valence-electron chi connectivity index (χ3n) is 7.58. The first kappa shape index (κ1) is 32.0. The van der Waals surface area contributed by atoms with Gasteiger partial charge in [0.2, 0.25) is 11.8 Å². The summed E-state index contributed by atoms with van der Waals surface area (Å²) in [5.41, 5.74) is 1.69. The van der Waals surface area contributed by atoms with Gasteiger partial charge in [-0.25, -0.2) is 19.0 Å². The van der Waals surface area contributed by atoms with Crippen molar-refractivity contribution >= 4 is 64.3 Å². The summed E-state index contributed by atoms with van der Waals surface area (Å²) in [5, 5.41) is 7.98. The van der Waals surface area contributed by atoms with Gasteiger partial charge in [0.15, 0.2) is 0 Å². The summed E-state index contributed by atoms with van der Waals surface area (Å²) in [6.07, 6.45) is 1.06. The van der Waals surface area contributed by atoms with Gasteiger partial charge < -0.3 is 24.7 Å². The first-order chi connectivity index (χ1) is 21.6. The summed E-state index contributed by atoms with van der Waals surface area (Å²) in [6.45, 7) is 0.207. The molecule has 0 saturated carbocycles. The molecule has 1 atom stereocenters. The monoisotopic (exact) mass is 660 g/mol. The number of carbonyl (C=O) groups excluding carboxylic acids is 4. The Morgan fingerprint density at radius 1 is 1.09 bits per heavy atom. The van der Waals surface area contributed by atoms with Crippen molar-refractivity contribution in [3.8, 4) is 11.3 Å². The normalized spacial score (nSPS) is 17.5. The standard InChI is InChI=1S/C30H31Cl2FN6O6/c1-44-29(42)34-16-8-9-17-22(14-16)35-23(40)7-3-2-6-18(27-37-25(17)26(32)38-27)28(41)39-12-4-5-13-45-30(43)36-21-11-10-20(31)24(33)19(21)15-39/h8-11,14,18H,2-7,12-13,15H2,1H3,(H,34,42)(H,35,40)(H,36,43)(H,37,38). The van der Waals surface area contributed by atoms with Crippen molar-refractivity contribution in [2.24, 2.45) is 0 Å². The zero-order valence-electron chi connectivity index (χ0n) is 24.3. The third-order valence-corrected chi connectivity index (χ3v) is 8.15. The van der Waals surface area contributed by atoms with E-state index in [-0.39, 0.29) is 59.4 Å². The first-order valence-corrected chi connectivity index (χ1v) is 15.1. The number of H-pyrrole nitrogens is 1. The summed E-state index contributed by atoms with van der Waals surface area (Å²) in [5.74, 6) is -1.83. The number of halogens is 3. The van der Waals surface area contributed by atoms with Gasteiger partial charge in [-0.15, -0.1) is 0 Å². The second-order valence-corrected chi connectivity index (χ2v) is 11.4. The number of carbonyl (C=O) groups is 4. The van der Waals surface area contributed by atoms with Gasteiger partial charge >= 0.3 is 12.2 Å². The lowest BCUT2D eigenvalue weighted by atomic mass is 9.97. The fraction of sp³-hybridized carbons (Fsp3) is 0.367. The number of imidazole rings is 1. The van der Waals surface area contributed by atoms with Gasteiger partial charge in [-0.1, -0.05) is 29.6 Å². The van der Waals surface area contributed by atoms with E-state index in [2.05, 4.69) is 25.7 Å². The lowest BCUT2D eigenvalue weighted by molar-refractivity contribution is -0.134. The number of nitrogens with one attached hydrogen (secondary N) is 4. The smallest absolute Gasteiger partial charge is 0.411 e. The highest BCUT2D eigenvalue weighted by molar-refractivity contribution is 6.32. The van der Waals surface area contributed by atoms with Crippen LogP contribution in [0.25, 0.3) is 11.3 Å². The van der Waals surface area contributed by atoms with E-state index in [9.17, 15) is 19.2 Å². The van der Waals surface area contributed by atoms with E-state index in [1.807, 2.05) is 0 Å². The molecule has 15 heteroatoms. The van der Waals surface area contributed by atoms with E-state index in [1.54, 1.807) is 18.2 Å². The molecule has 0 saturated heterocycles. The molecule has 0 aliphatic carbocycles. The number of rotatable bonds is 2. The van der Waals surface area contributed by atoms with Crippen molar-refractivity contribution in [1.29, 1.82) is 0 Å². The Labute approximate surface area is 267 Å². The second-order valence-electron chi connectivity index (χ2n) is 10.6. The quantitative estimate of drug-likeness (QED) is 0.239. The Kier molecular flexibility index (Phi) is 10.1. The van der Waals surface area contributed by atoms with Gasteiger partial charge in [-0.3, -0.25) is 20.2 Å². The number of amides is 4. The van der Waals surface area contributed by atoms with Crippen molar-refractivity contribution < 1.29 is 33.0 Å². The highest BCUT2D eigenvalue weighted by Gasteiger charge is 2.32. The molecular formula is C30H31Cl2FN6O6. The van der Waals surface area contributed by atoms with Crippen LogP contribution in [0.5, 0.6) is 0 Å². The minimum Gasteiger partial charge on any atom is -0.453 e. The average Bonchev–Trinajstić information content (AvgIpc) is 3.37. The topological polar surface area (TPSA) is 155 Å². The molecule has 238 valence electrons. The highest BCUT2D eigenvalue weighted by atomic mass is 35.5. The maximum Gasteiger partial charge on any atom is 0.411 e. The molecule has 1 unspecified atom stereocenters. The molecule has 12 nitrogen and oxygen atoms in total. The molecule has 4 amide bonds. The van der Waals surface area contributed by atoms with E-state index in [0.717, 1.165) is 0 Å². The van der Waals surface area contributed by atoms with Crippen LogP contribution in [0.1, 0.15) is 55.8 Å². The maximum absolute atomic E-state index is 15.3. The van der Waals surface area contributed by atoms with E-state index >= 15 is 4.39 Å². The number of cyclic esters (lactones) is 1. The lowest BCUT2D eigenvalue weighted by Crippen LogP contribution is -2.36. The molecule has 2 aromatic carbocycles. The summed E-state index contributed by atoms with van der Waals surface area (Å²) < 4.78 is 25.2. The average molecular weight is 662 g/mol. The molecule has 3 aromatic rings. The molecule has 0 spiro atoms. The predicted octanol–water partition coefficient (Wildman–Crippen LogP) is 6.67. The number of hydrogen-bond acceptors (Lipinski definition) is 7. The van der Waals surface area contributed by atoms with Crippen molar-refractivity contribution in [3.63, 3.8) is 0 Å². The van der Waals surface area contributed by atoms with Crippen molar-refractivity contribution in [3.05, 3.63) is 57.7 Å². The van der Waals surface area contributed by atoms with Crippen LogP contribution >= 0.6 is 23.2 Å². The number of hydrogen-bond donors (Lipinski definition) is 4. The molecular weight excluding hydrogens is 630 g/mol. The molecule has 2 aliphatic heterocycles. The zero-order chi connectivity index (χ0) is 32.1. The molecule has 2 bridgehead atoms. The Morgan fingerprint density at radius 3 is 2.71 bits per heavy atom. The van der Waals surface area contributed by atoms with E-state index in [1.165, 1.54) is 24.1 Å². The molecule has 3 heterocycles. The van der Waals surface area contributed by atoms with Gasteiger partial charge in [0, 0.05) is 29.8 Å². The molecule has 4 N–H and O–H groups in total. The van der Waals surface area contributed by atoms with E-state index < -0.39 is 23.9 Å². The second kappa shape index (κ2) is 14.2. The fourth-order valence-corrected chi connectivity index (χ4v) is 5.71. The molecule has 5 rings (SSSR count). The molecule has 1 aromatic heterocycles. The number of benzene rings is 2. The molecule has 45 heavy (non-hydrogen) atoms. The fourth-order valence-electron chi connectivity index (χ4n) is 5.30. The summed E-state index contributed by atoms with van der Waals surface area (Å²) >= 11 is 12.7. The van der Waals surface area contributed by atoms with Gasteiger partial charge in [0.05, 0.1) is 42.6 Å². The summed E-state index contributed by atoms with van der Waals surface area (Å²) in [7, 11) is 1.24. The van der Waals surface area contributed by atoms with E-state index in [0.29, 0.717) is 60.6 Å². The van der Waals surface area contributed by atoms with Crippen LogP contribution in [-0.2, 0) is 25.6 Å². The Hall–Kier alpha value is -4.36. The van der Waals surface area contributed by atoms with Crippen LogP contribution in [0.15, 0.2) is 30.3 Å². The van der Waals surface area contributed by atoms with Crippen molar-refractivity contribution in [2.75, 3.05) is 36.2 Å². The van der Waals surface area contributed by atoms with Crippen LogP contribution < -0.4 is 16.0 Å². The van der Waals surface area contributed by atoms with Crippen LogP contribution in [0.3, 0.4) is 0 Å². The molecule has 0 fully saturated rings. The predicted molar refractivity (Wildman–Crippen MR) is 166 cm³/mol. The Balaban J connectivity index is 1.52. The van der Waals surface area contributed by atoms with Gasteiger partial charge in [0.25, 0.3) is 0 Å². The van der Waals surface area contributed by atoms with Crippen LogP contribution in [0.4, 0.5) is 31.0 Å². The first-order valence-electron chi connectivity index (χ1n) is 14.4. The van der Waals surface area contributed by atoms with Crippen LogP contribution in [0.2, 0.25) is 10.2 Å². The number of aromatic amines is 1. The lowest BCUT2D eigenvalue weighted by Gasteiger charge is -2.28. The third kappa shape index (κ3) is 7.48. The maximum atomic E-state index is 15.3. The molecule has 2 aliphatic rings. The summed E-state index contributed by atoms with van der Waals surface area (Å²) in [4.78, 5) is 60.5. The number of ether oxygens (including phenoxy) is 2. The van der Waals surface area contributed by atoms with Gasteiger partial charge in [-0.05, 0) is 56.0 Å². The Morgan fingerprint density at radius 2 is 1.91 bits per heavy atom. The minimum atomic E-state index is -0.802. The number of anilines is 3.